The monoisotopic (exact) mass is 277 g/mol. The van der Waals surface area contributed by atoms with Gasteiger partial charge in [0.2, 0.25) is 0 Å². The molecule has 4 nitrogen and oxygen atoms in total. The van der Waals surface area contributed by atoms with Crippen molar-refractivity contribution in [3.05, 3.63) is 34.3 Å². The predicted octanol–water partition coefficient (Wildman–Crippen LogP) is 3.49. The van der Waals surface area contributed by atoms with E-state index in [9.17, 15) is 4.79 Å². The van der Waals surface area contributed by atoms with E-state index in [4.69, 9.17) is 17.3 Å². The minimum absolute atomic E-state index is 0.0898. The van der Waals surface area contributed by atoms with E-state index in [2.05, 4.69) is 5.10 Å². The number of nitrogen functional groups attached to an aromatic ring is 1. The minimum atomic E-state index is 0.0898. The molecule has 5 heteroatoms. The minimum Gasteiger partial charge on any atom is -0.383 e. The van der Waals surface area contributed by atoms with Crippen LogP contribution >= 0.6 is 11.6 Å². The average molecular weight is 278 g/mol. The molecule has 19 heavy (non-hydrogen) atoms. The molecule has 0 aliphatic heterocycles. The van der Waals surface area contributed by atoms with Crippen LogP contribution in [-0.4, -0.2) is 16.1 Å². The maximum atomic E-state index is 11.3. The quantitative estimate of drug-likeness (QED) is 0.874. The van der Waals surface area contributed by atoms with Crippen molar-refractivity contribution in [2.24, 2.45) is 0 Å². The number of nitrogens with two attached hydrogens (primary N) is 1. The lowest BCUT2D eigenvalue weighted by atomic mass is 10.0. The Morgan fingerprint density at radius 2 is 2.11 bits per heavy atom. The summed E-state index contributed by atoms with van der Waals surface area (Å²) in [7, 11) is 0. The molecule has 0 bridgehead atoms. The summed E-state index contributed by atoms with van der Waals surface area (Å²) in [5.74, 6) is 0.388. The molecule has 1 aromatic heterocycles. The highest BCUT2D eigenvalue weighted by molar-refractivity contribution is 6.30. The second-order valence-electron chi connectivity index (χ2n) is 4.76. The molecule has 0 spiro atoms. The molecule has 1 aromatic carbocycles. The third kappa shape index (κ3) is 2.36. The molecule has 0 aliphatic rings. The van der Waals surface area contributed by atoms with Crippen molar-refractivity contribution in [1.29, 1.82) is 0 Å². The lowest BCUT2D eigenvalue weighted by molar-refractivity contribution is 0.112. The van der Waals surface area contributed by atoms with Crippen molar-refractivity contribution in [3.63, 3.8) is 0 Å². The summed E-state index contributed by atoms with van der Waals surface area (Å²) < 4.78 is 1.65. The van der Waals surface area contributed by atoms with Gasteiger partial charge in [-0.3, -0.25) is 4.79 Å². The van der Waals surface area contributed by atoms with Crippen molar-refractivity contribution >= 4 is 23.7 Å². The summed E-state index contributed by atoms with van der Waals surface area (Å²) in [6.45, 7) is 5.88. The van der Waals surface area contributed by atoms with Crippen LogP contribution in [0.25, 0.3) is 11.3 Å². The molecular formula is C14H16ClN3O. The van der Waals surface area contributed by atoms with E-state index in [0.717, 1.165) is 17.4 Å². The van der Waals surface area contributed by atoms with Gasteiger partial charge in [0, 0.05) is 16.6 Å². The molecule has 0 fully saturated rings. The Hall–Kier alpha value is -1.81. The second kappa shape index (κ2) is 5.05. The highest BCUT2D eigenvalue weighted by Crippen LogP contribution is 2.31. The number of nitrogens with zero attached hydrogens (tertiary/aromatic N) is 2. The van der Waals surface area contributed by atoms with Crippen LogP contribution in [-0.2, 0) is 0 Å². The fourth-order valence-corrected chi connectivity index (χ4v) is 2.19. The second-order valence-corrected chi connectivity index (χ2v) is 5.20. The average Bonchev–Trinajstić information content (AvgIpc) is 2.69. The number of carbonyl (C=O) groups excluding carboxylic acids is 1. The van der Waals surface area contributed by atoms with Crippen molar-refractivity contribution in [3.8, 4) is 11.3 Å². The third-order valence-electron chi connectivity index (χ3n) is 3.05. The first-order valence-electron chi connectivity index (χ1n) is 6.05. The van der Waals surface area contributed by atoms with Crippen LogP contribution in [0.1, 0.15) is 35.8 Å². The normalized spacial score (nSPS) is 11.0. The summed E-state index contributed by atoms with van der Waals surface area (Å²) in [5, 5.41) is 5.06. The molecule has 2 rings (SSSR count). The fraction of sp³-hybridized carbons (Fsp3) is 0.286. The number of carbonyl (C=O) groups is 1. The number of halogens is 1. The first kappa shape index (κ1) is 13.6. The highest BCUT2D eigenvalue weighted by Gasteiger charge is 2.19. The van der Waals surface area contributed by atoms with E-state index in [1.165, 1.54) is 0 Å². The zero-order valence-corrected chi connectivity index (χ0v) is 11.9. The fourth-order valence-electron chi connectivity index (χ4n) is 2.02. The summed E-state index contributed by atoms with van der Waals surface area (Å²) in [6.07, 6.45) is 0.747. The van der Waals surface area contributed by atoms with Crippen LogP contribution in [0.3, 0.4) is 0 Å². The smallest absolute Gasteiger partial charge is 0.156 e. The molecule has 0 aliphatic carbocycles. The Morgan fingerprint density at radius 3 is 2.68 bits per heavy atom. The van der Waals surface area contributed by atoms with Crippen LogP contribution in [0.2, 0.25) is 5.02 Å². The number of aryl methyl sites for hydroxylation is 1. The first-order chi connectivity index (χ1) is 8.95. The van der Waals surface area contributed by atoms with Crippen LogP contribution in [0.5, 0.6) is 0 Å². The molecule has 0 saturated heterocycles. The number of benzene rings is 1. The van der Waals surface area contributed by atoms with E-state index in [-0.39, 0.29) is 6.04 Å². The summed E-state index contributed by atoms with van der Waals surface area (Å²) in [5.41, 5.74) is 8.81. The van der Waals surface area contributed by atoms with Gasteiger partial charge in [-0.1, -0.05) is 17.7 Å². The van der Waals surface area contributed by atoms with Gasteiger partial charge in [0.15, 0.2) is 6.29 Å². The molecule has 0 amide bonds. The zero-order valence-electron chi connectivity index (χ0n) is 11.1. The van der Waals surface area contributed by atoms with Gasteiger partial charge < -0.3 is 5.73 Å². The number of hydrogen-bond donors (Lipinski definition) is 1. The van der Waals surface area contributed by atoms with E-state index in [0.29, 0.717) is 22.1 Å². The molecule has 0 unspecified atom stereocenters. The van der Waals surface area contributed by atoms with Crippen LogP contribution in [0, 0.1) is 6.92 Å². The lowest BCUT2D eigenvalue weighted by Gasteiger charge is -2.07. The molecule has 0 atom stereocenters. The maximum absolute atomic E-state index is 11.3. The van der Waals surface area contributed by atoms with E-state index >= 15 is 0 Å². The van der Waals surface area contributed by atoms with Gasteiger partial charge in [-0.05, 0) is 38.5 Å². The summed E-state index contributed by atoms with van der Waals surface area (Å²) in [4.78, 5) is 11.3. The maximum Gasteiger partial charge on any atom is 0.156 e. The highest BCUT2D eigenvalue weighted by atomic mass is 35.5. The Labute approximate surface area is 117 Å². The van der Waals surface area contributed by atoms with Crippen LogP contribution in [0.4, 0.5) is 5.82 Å². The molecule has 1 heterocycles. The Balaban J connectivity index is 2.71. The van der Waals surface area contributed by atoms with Crippen molar-refractivity contribution in [2.75, 3.05) is 5.73 Å². The standard InChI is InChI=1S/C14H16ClN3O/c1-8(2)18-14(16)12(7-19)13(17-18)11-6-10(15)5-4-9(11)3/h4-8H,16H2,1-3H3. The van der Waals surface area contributed by atoms with Crippen molar-refractivity contribution in [1.82, 2.24) is 9.78 Å². The van der Waals surface area contributed by atoms with E-state index < -0.39 is 0 Å². The molecule has 0 saturated carbocycles. The topological polar surface area (TPSA) is 60.9 Å². The van der Waals surface area contributed by atoms with Gasteiger partial charge in [-0.15, -0.1) is 0 Å². The van der Waals surface area contributed by atoms with Gasteiger partial charge in [0.1, 0.15) is 11.5 Å². The number of aldehydes is 1. The van der Waals surface area contributed by atoms with E-state index in [1.54, 1.807) is 10.7 Å². The SMILES string of the molecule is Cc1ccc(Cl)cc1-c1nn(C(C)C)c(N)c1C=O. The molecule has 100 valence electrons. The lowest BCUT2D eigenvalue weighted by Crippen LogP contribution is -2.07. The Morgan fingerprint density at radius 1 is 1.42 bits per heavy atom. The largest absolute Gasteiger partial charge is 0.383 e. The van der Waals surface area contributed by atoms with Gasteiger partial charge in [0.25, 0.3) is 0 Å². The molecule has 0 radical (unpaired) electrons. The van der Waals surface area contributed by atoms with Gasteiger partial charge in [-0.2, -0.15) is 5.10 Å². The van der Waals surface area contributed by atoms with Gasteiger partial charge >= 0.3 is 0 Å². The Kier molecular flexibility index (Phi) is 3.62. The van der Waals surface area contributed by atoms with Crippen molar-refractivity contribution in [2.45, 2.75) is 26.8 Å². The summed E-state index contributed by atoms with van der Waals surface area (Å²) >= 11 is 6.02. The predicted molar refractivity (Wildman–Crippen MR) is 77.6 cm³/mol. The molecule has 2 aromatic rings. The molecule has 2 N–H and O–H groups in total. The third-order valence-corrected chi connectivity index (χ3v) is 3.28. The number of rotatable bonds is 3. The van der Waals surface area contributed by atoms with E-state index in [1.807, 2.05) is 32.9 Å². The van der Waals surface area contributed by atoms with Crippen LogP contribution in [0.15, 0.2) is 18.2 Å². The van der Waals surface area contributed by atoms with Gasteiger partial charge in [0.05, 0.1) is 5.56 Å². The zero-order chi connectivity index (χ0) is 14.2. The van der Waals surface area contributed by atoms with Crippen LogP contribution < -0.4 is 5.73 Å². The summed E-state index contributed by atoms with van der Waals surface area (Å²) in [6, 6.07) is 5.60. The van der Waals surface area contributed by atoms with Gasteiger partial charge in [-0.25, -0.2) is 4.68 Å². The first-order valence-corrected chi connectivity index (χ1v) is 6.43. The number of aromatic nitrogens is 2. The Bertz CT molecular complexity index is 632. The number of anilines is 1. The molecular weight excluding hydrogens is 262 g/mol. The number of hydrogen-bond acceptors (Lipinski definition) is 3. The van der Waals surface area contributed by atoms with Crippen molar-refractivity contribution < 1.29 is 4.79 Å².